The van der Waals surface area contributed by atoms with Crippen LogP contribution in [0.25, 0.3) is 10.9 Å². The lowest BCUT2D eigenvalue weighted by atomic mass is 10.1. The molecular weight excluding hydrogens is 411 g/mol. The van der Waals surface area contributed by atoms with Crippen LogP contribution in [0, 0.1) is 13.8 Å². The highest BCUT2D eigenvalue weighted by Gasteiger charge is 2.30. The number of fused-ring (bicyclic) bond motifs is 1. The summed E-state index contributed by atoms with van der Waals surface area (Å²) in [5.74, 6) is 0. The minimum absolute atomic E-state index is 0.0403. The summed E-state index contributed by atoms with van der Waals surface area (Å²) in [6.07, 6.45) is -4.54. The number of hydrogen-bond acceptors (Lipinski definition) is 3. The van der Waals surface area contributed by atoms with Crippen LogP contribution >= 0.6 is 0 Å². The molecule has 2 amide bonds. The fourth-order valence-corrected chi connectivity index (χ4v) is 3.40. The van der Waals surface area contributed by atoms with Crippen molar-refractivity contribution >= 4 is 22.6 Å². The smallest absolute Gasteiger partial charge is 0.395 e. The number of hydrogen-bond donors (Lipinski definition) is 3. The number of nitrogens with zero attached hydrogens (tertiary/aromatic N) is 1. The molecule has 0 fully saturated rings. The van der Waals surface area contributed by atoms with Crippen molar-refractivity contribution in [3.63, 3.8) is 0 Å². The predicted octanol–water partition coefficient (Wildman–Crippen LogP) is 4.19. The molecule has 0 saturated carbocycles. The summed E-state index contributed by atoms with van der Waals surface area (Å²) >= 11 is 0. The summed E-state index contributed by atoms with van der Waals surface area (Å²) in [5, 5.41) is 12.5. The van der Waals surface area contributed by atoms with Crippen LogP contribution in [0.2, 0.25) is 0 Å². The summed E-state index contributed by atoms with van der Waals surface area (Å²) in [7, 11) is 0. The fourth-order valence-electron chi connectivity index (χ4n) is 3.40. The van der Waals surface area contributed by atoms with Gasteiger partial charge in [-0.3, -0.25) is 4.79 Å². The van der Waals surface area contributed by atoms with Crippen molar-refractivity contribution < 1.29 is 23.1 Å². The van der Waals surface area contributed by atoms with E-state index in [9.17, 15) is 27.9 Å². The molecule has 1 aromatic heterocycles. The molecule has 0 radical (unpaired) electrons. The molecule has 0 bridgehead atoms. The third kappa shape index (κ3) is 5.24. The molecular formula is C22H22F3N3O3. The van der Waals surface area contributed by atoms with Crippen molar-refractivity contribution in [3.05, 3.63) is 75.1 Å². The number of alkyl halides is 3. The van der Waals surface area contributed by atoms with Crippen molar-refractivity contribution in [2.75, 3.05) is 18.5 Å². The first-order chi connectivity index (χ1) is 14.6. The molecule has 0 aliphatic heterocycles. The first kappa shape index (κ1) is 22.4. The van der Waals surface area contributed by atoms with Gasteiger partial charge in [-0.1, -0.05) is 17.7 Å². The third-order valence-corrected chi connectivity index (χ3v) is 4.83. The number of aryl methyl sites for hydroxylation is 2. The number of urea groups is 1. The van der Waals surface area contributed by atoms with Crippen LogP contribution in [0.4, 0.5) is 23.7 Å². The van der Waals surface area contributed by atoms with E-state index in [0.717, 1.165) is 28.6 Å². The molecule has 3 N–H and O–H groups in total. The van der Waals surface area contributed by atoms with Crippen molar-refractivity contribution in [1.82, 2.24) is 9.88 Å². The molecule has 9 heteroatoms. The Morgan fingerprint density at radius 3 is 2.58 bits per heavy atom. The van der Waals surface area contributed by atoms with Gasteiger partial charge in [-0.15, -0.1) is 0 Å². The summed E-state index contributed by atoms with van der Waals surface area (Å²) in [5.41, 5.74) is 1.60. The predicted molar refractivity (Wildman–Crippen MR) is 112 cm³/mol. The molecule has 6 nitrogen and oxygen atoms in total. The van der Waals surface area contributed by atoms with E-state index in [4.69, 9.17) is 0 Å². The van der Waals surface area contributed by atoms with Crippen LogP contribution < -0.4 is 10.9 Å². The van der Waals surface area contributed by atoms with Gasteiger partial charge in [0.15, 0.2) is 0 Å². The first-order valence-corrected chi connectivity index (χ1v) is 9.55. The molecule has 0 aliphatic rings. The number of rotatable bonds is 5. The molecule has 31 heavy (non-hydrogen) atoms. The number of anilines is 1. The van der Waals surface area contributed by atoms with Gasteiger partial charge in [0.1, 0.15) is 0 Å². The quantitative estimate of drug-likeness (QED) is 0.564. The second kappa shape index (κ2) is 8.81. The Labute approximate surface area is 176 Å². The maximum absolute atomic E-state index is 12.9. The average molecular weight is 433 g/mol. The monoisotopic (exact) mass is 433 g/mol. The van der Waals surface area contributed by atoms with Crippen LogP contribution in [0.1, 0.15) is 22.3 Å². The van der Waals surface area contributed by atoms with E-state index in [1.165, 1.54) is 17.0 Å². The largest absolute Gasteiger partial charge is 0.416 e. The van der Waals surface area contributed by atoms with Gasteiger partial charge in [-0.05, 0) is 55.1 Å². The maximum atomic E-state index is 12.9. The zero-order chi connectivity index (χ0) is 22.8. The number of nitrogens with one attached hydrogen (secondary N) is 2. The van der Waals surface area contributed by atoms with Gasteiger partial charge in [0.25, 0.3) is 5.56 Å². The molecule has 164 valence electrons. The van der Waals surface area contributed by atoms with Gasteiger partial charge in [0, 0.05) is 17.8 Å². The van der Waals surface area contributed by atoms with Gasteiger partial charge < -0.3 is 20.3 Å². The van der Waals surface area contributed by atoms with Crippen LogP contribution in [0.5, 0.6) is 0 Å². The molecule has 0 unspecified atom stereocenters. The minimum atomic E-state index is -4.54. The lowest BCUT2D eigenvalue weighted by Crippen LogP contribution is -2.38. The second-order valence-electron chi connectivity index (χ2n) is 7.32. The van der Waals surface area contributed by atoms with Gasteiger partial charge in [-0.2, -0.15) is 13.2 Å². The topological polar surface area (TPSA) is 85.4 Å². The molecule has 0 atom stereocenters. The fraction of sp³-hybridized carbons (Fsp3) is 0.273. The van der Waals surface area contributed by atoms with Gasteiger partial charge in [0.05, 0.1) is 24.2 Å². The van der Waals surface area contributed by atoms with Gasteiger partial charge in [-0.25, -0.2) is 4.79 Å². The average Bonchev–Trinajstić information content (AvgIpc) is 2.68. The molecule has 3 rings (SSSR count). The van der Waals surface area contributed by atoms with E-state index in [0.29, 0.717) is 11.1 Å². The van der Waals surface area contributed by atoms with E-state index >= 15 is 0 Å². The minimum Gasteiger partial charge on any atom is -0.395 e. The summed E-state index contributed by atoms with van der Waals surface area (Å²) in [6, 6.07) is 9.04. The number of carbonyl (C=O) groups excluding carboxylic acids is 1. The van der Waals surface area contributed by atoms with E-state index in [2.05, 4.69) is 10.3 Å². The Balaban J connectivity index is 1.87. The highest BCUT2D eigenvalue weighted by atomic mass is 19.4. The third-order valence-electron chi connectivity index (χ3n) is 4.83. The van der Waals surface area contributed by atoms with Crippen molar-refractivity contribution in [2.45, 2.75) is 26.6 Å². The molecule has 0 aliphatic carbocycles. The number of H-pyrrole nitrogens is 1. The van der Waals surface area contributed by atoms with Gasteiger partial charge >= 0.3 is 12.2 Å². The summed E-state index contributed by atoms with van der Waals surface area (Å²) < 4.78 is 38.7. The maximum Gasteiger partial charge on any atom is 0.416 e. The van der Waals surface area contributed by atoms with E-state index in [1.807, 2.05) is 26.0 Å². The van der Waals surface area contributed by atoms with Crippen LogP contribution in [0.15, 0.2) is 47.3 Å². The summed E-state index contributed by atoms with van der Waals surface area (Å²) in [6.45, 7) is 3.21. The number of halogens is 3. The van der Waals surface area contributed by atoms with Crippen LogP contribution in [-0.2, 0) is 12.7 Å². The Kier molecular flexibility index (Phi) is 6.35. The Hall–Kier alpha value is -3.33. The lowest BCUT2D eigenvalue weighted by Gasteiger charge is -2.22. The molecule has 0 saturated heterocycles. The number of aliphatic hydroxyl groups is 1. The van der Waals surface area contributed by atoms with Crippen molar-refractivity contribution in [3.8, 4) is 0 Å². The molecule has 2 aromatic carbocycles. The van der Waals surface area contributed by atoms with Gasteiger partial charge in [0.2, 0.25) is 0 Å². The number of aliphatic hydroxyl groups excluding tert-OH is 1. The van der Waals surface area contributed by atoms with E-state index in [-0.39, 0.29) is 30.9 Å². The zero-order valence-corrected chi connectivity index (χ0v) is 17.0. The van der Waals surface area contributed by atoms with Crippen LogP contribution in [-0.4, -0.2) is 34.2 Å². The SMILES string of the molecule is Cc1cc(C)c2[nH]c(=O)c(CN(CCO)C(=O)Nc3cccc(C(F)(F)F)c3)cc2c1. The van der Waals surface area contributed by atoms with E-state index < -0.39 is 17.8 Å². The standard InChI is InChI=1S/C22H22F3N3O3/c1-13-8-14(2)19-15(9-13)10-16(20(30)27-19)12-28(6-7-29)21(31)26-18-5-3-4-17(11-18)22(23,24)25/h3-5,8-11,29H,6-7,12H2,1-2H3,(H,26,31)(H,27,30). The zero-order valence-electron chi connectivity index (χ0n) is 17.0. The number of carbonyl (C=O) groups is 1. The highest BCUT2D eigenvalue weighted by Crippen LogP contribution is 2.30. The number of aromatic nitrogens is 1. The van der Waals surface area contributed by atoms with Crippen LogP contribution in [0.3, 0.4) is 0 Å². The second-order valence-corrected chi connectivity index (χ2v) is 7.32. The van der Waals surface area contributed by atoms with Crippen molar-refractivity contribution in [1.29, 1.82) is 0 Å². The Bertz CT molecular complexity index is 1170. The van der Waals surface area contributed by atoms with E-state index in [1.54, 1.807) is 6.07 Å². The lowest BCUT2D eigenvalue weighted by molar-refractivity contribution is -0.137. The molecule has 3 aromatic rings. The first-order valence-electron chi connectivity index (χ1n) is 9.55. The Morgan fingerprint density at radius 2 is 1.90 bits per heavy atom. The number of amides is 2. The molecule has 0 spiro atoms. The Morgan fingerprint density at radius 1 is 1.16 bits per heavy atom. The molecule has 1 heterocycles. The van der Waals surface area contributed by atoms with Crippen molar-refractivity contribution in [2.24, 2.45) is 0 Å². The number of pyridine rings is 1. The summed E-state index contributed by atoms with van der Waals surface area (Å²) in [4.78, 5) is 29.2. The normalized spacial score (nSPS) is 11.5. The highest BCUT2D eigenvalue weighted by molar-refractivity contribution is 5.89. The number of benzene rings is 2. The number of aromatic amines is 1.